The Morgan fingerprint density at radius 3 is 3.06 bits per heavy atom. The Balaban J connectivity index is 2.20. The van der Waals surface area contributed by atoms with Crippen LogP contribution in [0.1, 0.15) is 24.4 Å². The molecule has 3 rings (SSSR count). The van der Waals surface area contributed by atoms with Crippen molar-refractivity contribution in [1.82, 2.24) is 14.9 Å². The van der Waals surface area contributed by atoms with Crippen molar-refractivity contribution < 1.29 is 0 Å². The molecule has 0 bridgehead atoms. The summed E-state index contributed by atoms with van der Waals surface area (Å²) < 4.78 is 0. The van der Waals surface area contributed by atoms with E-state index in [1.807, 2.05) is 24.5 Å². The number of rotatable bonds is 1. The number of hydrogen-bond donors (Lipinski definition) is 0. The summed E-state index contributed by atoms with van der Waals surface area (Å²) in [4.78, 5) is 11.1. The largest absolute Gasteiger partial charge is 0.299 e. The molecule has 1 aliphatic heterocycles. The number of halogens is 1. The molecule has 0 unspecified atom stereocenters. The molecule has 0 spiro atoms. The van der Waals surface area contributed by atoms with Crippen LogP contribution < -0.4 is 0 Å². The van der Waals surface area contributed by atoms with Crippen molar-refractivity contribution in [1.29, 1.82) is 0 Å². The molecule has 2 aromatic heterocycles. The maximum Gasteiger partial charge on any atom is 0.138 e. The van der Waals surface area contributed by atoms with Crippen LogP contribution in [0, 0.1) is 0 Å². The topological polar surface area (TPSA) is 29.0 Å². The van der Waals surface area contributed by atoms with Gasteiger partial charge in [0.2, 0.25) is 0 Å². The Morgan fingerprint density at radius 2 is 2.29 bits per heavy atom. The normalized spacial score (nSPS) is 21.2. The molecule has 1 fully saturated rings. The van der Waals surface area contributed by atoms with E-state index in [4.69, 9.17) is 11.6 Å². The minimum atomic E-state index is 0.428. The SMILES string of the molecule is CN1CCC[C@H]1c1cnc(Cl)c2cccnc12. The summed E-state index contributed by atoms with van der Waals surface area (Å²) in [6.45, 7) is 1.14. The Hall–Kier alpha value is -1.19. The predicted molar refractivity (Wildman–Crippen MR) is 69.2 cm³/mol. The van der Waals surface area contributed by atoms with Gasteiger partial charge in [-0.15, -0.1) is 0 Å². The fourth-order valence-corrected chi connectivity index (χ4v) is 2.81. The zero-order chi connectivity index (χ0) is 11.8. The van der Waals surface area contributed by atoms with Crippen molar-refractivity contribution >= 4 is 22.5 Å². The molecule has 0 saturated carbocycles. The molecule has 0 N–H and O–H groups in total. The summed E-state index contributed by atoms with van der Waals surface area (Å²) in [6.07, 6.45) is 6.10. The quantitative estimate of drug-likeness (QED) is 0.726. The van der Waals surface area contributed by atoms with Crippen LogP contribution in [0.25, 0.3) is 10.9 Å². The minimum Gasteiger partial charge on any atom is -0.299 e. The van der Waals surface area contributed by atoms with E-state index in [0.717, 1.165) is 17.4 Å². The molecule has 0 aliphatic carbocycles. The molecule has 4 heteroatoms. The van der Waals surface area contributed by atoms with Crippen molar-refractivity contribution in [2.75, 3.05) is 13.6 Å². The van der Waals surface area contributed by atoms with E-state index in [0.29, 0.717) is 11.2 Å². The van der Waals surface area contributed by atoms with Gasteiger partial charge in [-0.05, 0) is 38.6 Å². The van der Waals surface area contributed by atoms with Gasteiger partial charge in [-0.25, -0.2) is 4.98 Å². The summed E-state index contributed by atoms with van der Waals surface area (Å²) >= 11 is 6.11. The Kier molecular flexibility index (Phi) is 2.73. The number of hydrogen-bond acceptors (Lipinski definition) is 3. The van der Waals surface area contributed by atoms with E-state index >= 15 is 0 Å². The average Bonchev–Trinajstić information content (AvgIpc) is 2.77. The molecule has 17 heavy (non-hydrogen) atoms. The summed E-state index contributed by atoms with van der Waals surface area (Å²) in [5, 5.41) is 1.49. The summed E-state index contributed by atoms with van der Waals surface area (Å²) in [5.74, 6) is 0. The zero-order valence-corrected chi connectivity index (χ0v) is 10.5. The highest BCUT2D eigenvalue weighted by Crippen LogP contribution is 2.34. The number of fused-ring (bicyclic) bond motifs is 1. The maximum absolute atomic E-state index is 6.11. The molecule has 2 aromatic rings. The van der Waals surface area contributed by atoms with Gasteiger partial charge in [0, 0.05) is 29.4 Å². The first kappa shape index (κ1) is 10.9. The molecule has 0 radical (unpaired) electrons. The van der Waals surface area contributed by atoms with E-state index in [-0.39, 0.29) is 0 Å². The van der Waals surface area contributed by atoms with Gasteiger partial charge in [-0.2, -0.15) is 0 Å². The van der Waals surface area contributed by atoms with Gasteiger partial charge in [-0.3, -0.25) is 9.88 Å². The molecule has 1 atom stereocenters. The highest BCUT2D eigenvalue weighted by atomic mass is 35.5. The van der Waals surface area contributed by atoms with Crippen LogP contribution in [0.15, 0.2) is 24.5 Å². The molecular formula is C13H14ClN3. The lowest BCUT2D eigenvalue weighted by Crippen LogP contribution is -2.18. The third-order valence-corrected chi connectivity index (χ3v) is 3.80. The van der Waals surface area contributed by atoms with E-state index in [9.17, 15) is 0 Å². The predicted octanol–water partition coefficient (Wildman–Crippen LogP) is 3.05. The van der Waals surface area contributed by atoms with Crippen LogP contribution in [-0.2, 0) is 0 Å². The first-order valence-corrected chi connectivity index (χ1v) is 6.24. The van der Waals surface area contributed by atoms with Gasteiger partial charge >= 0.3 is 0 Å². The number of nitrogens with zero attached hydrogens (tertiary/aromatic N) is 3. The van der Waals surface area contributed by atoms with Crippen LogP contribution in [0.3, 0.4) is 0 Å². The summed E-state index contributed by atoms with van der Waals surface area (Å²) in [7, 11) is 2.15. The van der Waals surface area contributed by atoms with Crippen LogP contribution >= 0.6 is 11.6 Å². The smallest absolute Gasteiger partial charge is 0.138 e. The second-order valence-corrected chi connectivity index (χ2v) is 4.90. The lowest BCUT2D eigenvalue weighted by atomic mass is 10.0. The third kappa shape index (κ3) is 1.79. The van der Waals surface area contributed by atoms with Crippen molar-refractivity contribution in [3.63, 3.8) is 0 Å². The molecule has 3 heterocycles. The van der Waals surface area contributed by atoms with Crippen molar-refractivity contribution in [3.05, 3.63) is 35.2 Å². The maximum atomic E-state index is 6.11. The van der Waals surface area contributed by atoms with Crippen molar-refractivity contribution in [2.24, 2.45) is 0 Å². The van der Waals surface area contributed by atoms with Crippen LogP contribution in [0.4, 0.5) is 0 Å². The minimum absolute atomic E-state index is 0.428. The van der Waals surface area contributed by atoms with Crippen molar-refractivity contribution in [3.8, 4) is 0 Å². The van der Waals surface area contributed by atoms with Gasteiger partial charge in [0.25, 0.3) is 0 Å². The monoisotopic (exact) mass is 247 g/mol. The van der Waals surface area contributed by atoms with Crippen molar-refractivity contribution in [2.45, 2.75) is 18.9 Å². The summed E-state index contributed by atoms with van der Waals surface area (Å²) in [6, 6.07) is 4.31. The Bertz CT molecular complexity index is 555. The van der Waals surface area contributed by atoms with Gasteiger partial charge in [-0.1, -0.05) is 11.6 Å². The lowest BCUT2D eigenvalue weighted by Gasteiger charge is -2.20. The molecule has 0 amide bonds. The van der Waals surface area contributed by atoms with Gasteiger partial charge in [0.05, 0.1) is 5.52 Å². The average molecular weight is 248 g/mol. The zero-order valence-electron chi connectivity index (χ0n) is 9.73. The molecule has 1 aliphatic rings. The Morgan fingerprint density at radius 1 is 1.41 bits per heavy atom. The first-order valence-electron chi connectivity index (χ1n) is 5.87. The first-order chi connectivity index (χ1) is 8.27. The standard InChI is InChI=1S/C13H14ClN3/c1-17-7-3-5-11(17)10-8-16-13(14)9-4-2-6-15-12(9)10/h2,4,6,8,11H,3,5,7H2,1H3/t11-/m0/s1. The Labute approximate surface area is 105 Å². The fourth-order valence-electron chi connectivity index (χ4n) is 2.61. The second kappa shape index (κ2) is 4.24. The lowest BCUT2D eigenvalue weighted by molar-refractivity contribution is 0.318. The molecular weight excluding hydrogens is 234 g/mol. The highest BCUT2D eigenvalue weighted by molar-refractivity contribution is 6.34. The number of likely N-dealkylation sites (tertiary alicyclic amines) is 1. The van der Waals surface area contributed by atoms with E-state index in [1.54, 1.807) is 0 Å². The van der Waals surface area contributed by atoms with Crippen LogP contribution in [-0.4, -0.2) is 28.5 Å². The highest BCUT2D eigenvalue weighted by Gasteiger charge is 2.25. The molecule has 1 saturated heterocycles. The number of aromatic nitrogens is 2. The molecule has 0 aromatic carbocycles. The number of pyridine rings is 2. The molecule has 88 valence electrons. The van der Waals surface area contributed by atoms with Gasteiger partial charge in [0.15, 0.2) is 0 Å². The van der Waals surface area contributed by atoms with Crippen LogP contribution in [0.5, 0.6) is 0 Å². The fraction of sp³-hybridized carbons (Fsp3) is 0.385. The summed E-state index contributed by atoms with van der Waals surface area (Å²) in [5.41, 5.74) is 2.19. The van der Waals surface area contributed by atoms with E-state index in [1.165, 1.54) is 18.4 Å². The second-order valence-electron chi connectivity index (χ2n) is 4.54. The third-order valence-electron chi connectivity index (χ3n) is 3.50. The van der Waals surface area contributed by atoms with Crippen LogP contribution in [0.2, 0.25) is 5.15 Å². The van der Waals surface area contributed by atoms with Gasteiger partial charge < -0.3 is 0 Å². The van der Waals surface area contributed by atoms with E-state index < -0.39 is 0 Å². The van der Waals surface area contributed by atoms with E-state index in [2.05, 4.69) is 21.9 Å². The van der Waals surface area contributed by atoms with Gasteiger partial charge in [0.1, 0.15) is 5.15 Å². The molecule has 3 nitrogen and oxygen atoms in total.